The van der Waals surface area contributed by atoms with Gasteiger partial charge in [0, 0.05) is 17.5 Å². The van der Waals surface area contributed by atoms with Crippen LogP contribution in [0.2, 0.25) is 0 Å². The van der Waals surface area contributed by atoms with Crippen molar-refractivity contribution in [3.05, 3.63) is 76.2 Å². The minimum atomic E-state index is -0.530. The van der Waals surface area contributed by atoms with Crippen LogP contribution in [0.4, 0.5) is 5.69 Å². The monoisotopic (exact) mass is 416 g/mol. The molecule has 3 heterocycles. The van der Waals surface area contributed by atoms with Crippen LogP contribution in [0.3, 0.4) is 0 Å². The molecule has 9 heteroatoms. The zero-order valence-corrected chi connectivity index (χ0v) is 16.4. The van der Waals surface area contributed by atoms with E-state index in [0.29, 0.717) is 33.3 Å². The van der Waals surface area contributed by atoms with E-state index in [4.69, 9.17) is 19.1 Å². The number of ether oxygens (including phenoxy) is 1. The smallest absolute Gasteiger partial charge is 0.374 e. The molecule has 2 aromatic carbocycles. The molecule has 0 N–H and O–H groups in total. The van der Waals surface area contributed by atoms with Crippen molar-refractivity contribution < 1.29 is 18.9 Å². The highest BCUT2D eigenvalue weighted by Gasteiger charge is 2.19. The molecule has 0 saturated carbocycles. The Morgan fingerprint density at radius 3 is 2.65 bits per heavy atom. The predicted molar refractivity (Wildman–Crippen MR) is 113 cm³/mol. The molecule has 0 radical (unpaired) electrons. The minimum Gasteiger partial charge on any atom is -0.460 e. The zero-order valence-electron chi connectivity index (χ0n) is 16.4. The Kier molecular flexibility index (Phi) is 4.36. The Bertz CT molecular complexity index is 1480. The molecule has 0 bridgehead atoms. The number of aromatic nitrogens is 3. The quantitative estimate of drug-likeness (QED) is 0.236. The Labute approximate surface area is 175 Å². The van der Waals surface area contributed by atoms with E-state index in [1.54, 1.807) is 25.1 Å². The summed E-state index contributed by atoms with van der Waals surface area (Å²) in [5.74, 6) is 0.109. The first-order valence-corrected chi connectivity index (χ1v) is 9.64. The molecule has 154 valence electrons. The van der Waals surface area contributed by atoms with Crippen molar-refractivity contribution in [2.75, 3.05) is 6.61 Å². The standard InChI is InChI=1S/C22H16N4O5/c1-2-30-22(27)19-10-8-14(31-19)12-25-18-9-7-13(26(28)29)11-15(18)20-21(25)24-17-6-4-3-5-16(17)23-20/h3-11H,2,12H2,1H3. The van der Waals surface area contributed by atoms with Gasteiger partial charge in [-0.2, -0.15) is 0 Å². The Morgan fingerprint density at radius 2 is 1.90 bits per heavy atom. The lowest BCUT2D eigenvalue weighted by Gasteiger charge is -2.05. The summed E-state index contributed by atoms with van der Waals surface area (Å²) in [4.78, 5) is 32.3. The summed E-state index contributed by atoms with van der Waals surface area (Å²) >= 11 is 0. The second kappa shape index (κ2) is 7.21. The number of esters is 1. The summed E-state index contributed by atoms with van der Waals surface area (Å²) in [5, 5.41) is 11.9. The van der Waals surface area contributed by atoms with Crippen molar-refractivity contribution in [1.82, 2.24) is 14.5 Å². The number of carbonyl (C=O) groups excluding carboxylic acids is 1. The molecule has 3 aromatic heterocycles. The fourth-order valence-electron chi connectivity index (χ4n) is 3.63. The van der Waals surface area contributed by atoms with Gasteiger partial charge in [-0.3, -0.25) is 10.1 Å². The molecule has 0 aliphatic rings. The normalized spacial score (nSPS) is 11.4. The first-order valence-electron chi connectivity index (χ1n) is 9.64. The highest BCUT2D eigenvalue weighted by molar-refractivity contribution is 6.07. The summed E-state index contributed by atoms with van der Waals surface area (Å²) in [6.07, 6.45) is 0. The molecule has 0 fully saturated rings. The maximum Gasteiger partial charge on any atom is 0.374 e. The van der Waals surface area contributed by atoms with Crippen molar-refractivity contribution in [3.63, 3.8) is 0 Å². The molecular weight excluding hydrogens is 400 g/mol. The number of fused-ring (bicyclic) bond motifs is 4. The van der Waals surface area contributed by atoms with Crippen LogP contribution in [0, 0.1) is 10.1 Å². The lowest BCUT2D eigenvalue weighted by Crippen LogP contribution is -2.03. The summed E-state index contributed by atoms with van der Waals surface area (Å²) < 4.78 is 12.5. The molecule has 5 rings (SSSR count). The van der Waals surface area contributed by atoms with Gasteiger partial charge in [-0.05, 0) is 37.3 Å². The number of non-ortho nitro benzene ring substituents is 1. The molecule has 0 aliphatic carbocycles. The van der Waals surface area contributed by atoms with E-state index in [-0.39, 0.29) is 24.6 Å². The zero-order chi connectivity index (χ0) is 21.5. The van der Waals surface area contributed by atoms with Gasteiger partial charge < -0.3 is 13.7 Å². The highest BCUT2D eigenvalue weighted by Crippen LogP contribution is 2.32. The van der Waals surface area contributed by atoms with Crippen LogP contribution in [0.5, 0.6) is 0 Å². The molecule has 31 heavy (non-hydrogen) atoms. The number of hydrogen-bond acceptors (Lipinski definition) is 7. The van der Waals surface area contributed by atoms with Crippen LogP contribution < -0.4 is 0 Å². The molecule has 5 aromatic rings. The van der Waals surface area contributed by atoms with E-state index in [0.717, 1.165) is 5.52 Å². The van der Waals surface area contributed by atoms with Crippen LogP contribution in [-0.2, 0) is 11.3 Å². The van der Waals surface area contributed by atoms with Crippen molar-refractivity contribution in [1.29, 1.82) is 0 Å². The van der Waals surface area contributed by atoms with Gasteiger partial charge in [-0.15, -0.1) is 0 Å². The molecular formula is C22H16N4O5. The third-order valence-corrected chi connectivity index (χ3v) is 5.00. The van der Waals surface area contributed by atoms with Crippen molar-refractivity contribution in [2.45, 2.75) is 13.5 Å². The number of benzene rings is 2. The van der Waals surface area contributed by atoms with Gasteiger partial charge in [0.15, 0.2) is 5.65 Å². The summed E-state index contributed by atoms with van der Waals surface area (Å²) in [5.41, 5.74) is 3.25. The number of rotatable bonds is 5. The number of nitrogens with zero attached hydrogens (tertiary/aromatic N) is 4. The molecule has 9 nitrogen and oxygen atoms in total. The molecule has 0 amide bonds. The van der Waals surface area contributed by atoms with E-state index >= 15 is 0 Å². The van der Waals surface area contributed by atoms with Gasteiger partial charge in [0.05, 0.1) is 34.6 Å². The van der Waals surface area contributed by atoms with E-state index in [1.807, 2.05) is 28.8 Å². The fraction of sp³-hybridized carbons (Fsp3) is 0.136. The maximum atomic E-state index is 11.9. The molecule has 0 spiro atoms. The van der Waals surface area contributed by atoms with Crippen LogP contribution in [0.1, 0.15) is 23.2 Å². The number of para-hydroxylation sites is 2. The molecule has 0 unspecified atom stereocenters. The largest absolute Gasteiger partial charge is 0.460 e. The van der Waals surface area contributed by atoms with Gasteiger partial charge in [0.25, 0.3) is 5.69 Å². The van der Waals surface area contributed by atoms with Crippen LogP contribution in [0.15, 0.2) is 59.0 Å². The number of furan rings is 1. The van der Waals surface area contributed by atoms with Gasteiger partial charge in [-0.25, -0.2) is 14.8 Å². The van der Waals surface area contributed by atoms with Crippen LogP contribution >= 0.6 is 0 Å². The number of nitro groups is 1. The Balaban J connectivity index is 1.71. The summed E-state index contributed by atoms with van der Waals surface area (Å²) in [6, 6.07) is 15.3. The van der Waals surface area contributed by atoms with Crippen molar-refractivity contribution >= 4 is 44.8 Å². The van der Waals surface area contributed by atoms with E-state index < -0.39 is 10.9 Å². The molecule has 0 atom stereocenters. The average molecular weight is 416 g/mol. The van der Waals surface area contributed by atoms with E-state index in [1.165, 1.54) is 12.1 Å². The first-order chi connectivity index (χ1) is 15.0. The first kappa shape index (κ1) is 18.7. The van der Waals surface area contributed by atoms with E-state index in [2.05, 4.69) is 0 Å². The van der Waals surface area contributed by atoms with Gasteiger partial charge in [-0.1, -0.05) is 12.1 Å². The SMILES string of the molecule is CCOC(=O)c1ccc(Cn2c3ccc([N+](=O)[O-])cc3c3nc4ccccc4nc32)o1. The van der Waals surface area contributed by atoms with Crippen molar-refractivity contribution in [2.24, 2.45) is 0 Å². The Morgan fingerprint density at radius 1 is 1.13 bits per heavy atom. The number of hydrogen-bond donors (Lipinski definition) is 0. The lowest BCUT2D eigenvalue weighted by atomic mass is 10.2. The highest BCUT2D eigenvalue weighted by atomic mass is 16.6. The van der Waals surface area contributed by atoms with Crippen molar-refractivity contribution in [3.8, 4) is 0 Å². The average Bonchev–Trinajstić information content (AvgIpc) is 3.36. The molecule has 0 saturated heterocycles. The lowest BCUT2D eigenvalue weighted by molar-refractivity contribution is -0.384. The van der Waals surface area contributed by atoms with E-state index in [9.17, 15) is 14.9 Å². The van der Waals surface area contributed by atoms with Crippen LogP contribution in [-0.4, -0.2) is 32.0 Å². The number of carbonyl (C=O) groups is 1. The Hall–Kier alpha value is -4.27. The predicted octanol–water partition coefficient (Wildman–Crippen LogP) is 4.46. The second-order valence-electron chi connectivity index (χ2n) is 6.92. The minimum absolute atomic E-state index is 0.0240. The topological polar surface area (TPSA) is 113 Å². The third-order valence-electron chi connectivity index (χ3n) is 5.00. The number of nitro benzene ring substituents is 1. The summed E-state index contributed by atoms with van der Waals surface area (Å²) in [6.45, 7) is 2.25. The maximum absolute atomic E-state index is 11.9. The molecule has 0 aliphatic heterocycles. The third kappa shape index (κ3) is 3.16. The second-order valence-corrected chi connectivity index (χ2v) is 6.92. The van der Waals surface area contributed by atoms with Gasteiger partial charge >= 0.3 is 5.97 Å². The fourth-order valence-corrected chi connectivity index (χ4v) is 3.63. The summed E-state index contributed by atoms with van der Waals surface area (Å²) in [7, 11) is 0. The van der Waals surface area contributed by atoms with Crippen LogP contribution in [0.25, 0.3) is 33.1 Å². The van der Waals surface area contributed by atoms with Gasteiger partial charge in [0.2, 0.25) is 5.76 Å². The van der Waals surface area contributed by atoms with Gasteiger partial charge in [0.1, 0.15) is 11.3 Å².